The van der Waals surface area contributed by atoms with E-state index in [4.69, 9.17) is 5.11 Å². The van der Waals surface area contributed by atoms with Gasteiger partial charge < -0.3 is 14.9 Å². The van der Waals surface area contributed by atoms with Crippen LogP contribution in [0.3, 0.4) is 0 Å². The number of carboxylic acid groups (broad SMARTS) is 1. The molecule has 1 heterocycles. The van der Waals surface area contributed by atoms with Crippen molar-refractivity contribution >= 4 is 12.0 Å². The van der Waals surface area contributed by atoms with Crippen molar-refractivity contribution in [3.8, 4) is 0 Å². The van der Waals surface area contributed by atoms with Gasteiger partial charge in [-0.1, -0.05) is 6.92 Å². The molecule has 1 aromatic heterocycles. The molecule has 0 aliphatic rings. The molecule has 1 N–H and O–H groups in total. The number of aromatic nitrogens is 1. The van der Waals surface area contributed by atoms with Crippen LogP contribution in [0.2, 0.25) is 0 Å². The van der Waals surface area contributed by atoms with Crippen LogP contribution in [-0.2, 0) is 11.3 Å². The maximum Gasteiger partial charge on any atom is 0.326 e. The van der Waals surface area contributed by atoms with E-state index < -0.39 is 12.0 Å². The first-order chi connectivity index (χ1) is 9.51. The predicted octanol–water partition coefficient (Wildman–Crippen LogP) is 1.82. The van der Waals surface area contributed by atoms with Gasteiger partial charge in [0.25, 0.3) is 0 Å². The number of carbonyl (C=O) groups excluding carboxylic acids is 1. The summed E-state index contributed by atoms with van der Waals surface area (Å²) in [5, 5.41) is 9.12. The first-order valence-corrected chi connectivity index (χ1v) is 6.64. The lowest BCUT2D eigenvalue weighted by Crippen LogP contribution is -2.48. The van der Waals surface area contributed by atoms with Gasteiger partial charge >= 0.3 is 12.0 Å². The standard InChI is InChI=1S/C14H21N3O3/c1-4-12(13(18)19)16(3)14(20)17(5-2)10-11-6-8-15-9-7-11/h6-9,12H,4-5,10H2,1-3H3,(H,18,19). The van der Waals surface area contributed by atoms with Gasteiger partial charge in [0.2, 0.25) is 0 Å². The number of hydrogen-bond donors (Lipinski definition) is 1. The Labute approximate surface area is 119 Å². The van der Waals surface area contributed by atoms with Crippen molar-refractivity contribution in [2.24, 2.45) is 0 Å². The topological polar surface area (TPSA) is 73.7 Å². The molecule has 6 nitrogen and oxygen atoms in total. The summed E-state index contributed by atoms with van der Waals surface area (Å²) in [6, 6.07) is 2.60. The Hall–Kier alpha value is -2.11. The summed E-state index contributed by atoms with van der Waals surface area (Å²) < 4.78 is 0. The van der Waals surface area contributed by atoms with E-state index >= 15 is 0 Å². The Kier molecular flexibility index (Phi) is 5.96. The van der Waals surface area contributed by atoms with Gasteiger partial charge in [0.1, 0.15) is 6.04 Å². The molecule has 0 fully saturated rings. The molecule has 0 aromatic carbocycles. The highest BCUT2D eigenvalue weighted by Gasteiger charge is 2.27. The van der Waals surface area contributed by atoms with Crippen molar-refractivity contribution in [1.29, 1.82) is 0 Å². The average Bonchev–Trinajstić information content (AvgIpc) is 2.45. The van der Waals surface area contributed by atoms with Crippen LogP contribution in [-0.4, -0.2) is 51.5 Å². The van der Waals surface area contributed by atoms with Gasteiger partial charge in [-0.05, 0) is 31.0 Å². The second kappa shape index (κ2) is 7.47. The van der Waals surface area contributed by atoms with Crippen LogP contribution in [0.25, 0.3) is 0 Å². The molecule has 0 bridgehead atoms. The molecule has 6 heteroatoms. The molecule has 1 rings (SSSR count). The number of nitrogens with zero attached hydrogens (tertiary/aromatic N) is 3. The van der Waals surface area contributed by atoms with Crippen molar-refractivity contribution in [1.82, 2.24) is 14.8 Å². The molecule has 0 aliphatic carbocycles. The zero-order valence-electron chi connectivity index (χ0n) is 12.1. The lowest BCUT2D eigenvalue weighted by Gasteiger charge is -2.30. The van der Waals surface area contributed by atoms with E-state index in [0.29, 0.717) is 19.5 Å². The molecule has 1 aromatic rings. The fourth-order valence-electron chi connectivity index (χ4n) is 1.99. The molecule has 0 saturated carbocycles. The maximum atomic E-state index is 12.4. The third kappa shape index (κ3) is 3.94. The fourth-order valence-corrected chi connectivity index (χ4v) is 1.99. The number of pyridine rings is 1. The normalized spacial score (nSPS) is 11.8. The maximum absolute atomic E-state index is 12.4. The summed E-state index contributed by atoms with van der Waals surface area (Å²) >= 11 is 0. The molecule has 110 valence electrons. The van der Waals surface area contributed by atoms with Crippen LogP contribution in [0.1, 0.15) is 25.8 Å². The number of carboxylic acids is 1. The summed E-state index contributed by atoms with van der Waals surface area (Å²) in [6.45, 7) is 4.58. The van der Waals surface area contributed by atoms with E-state index in [0.717, 1.165) is 5.56 Å². The van der Waals surface area contributed by atoms with Crippen molar-refractivity contribution in [2.45, 2.75) is 32.9 Å². The van der Waals surface area contributed by atoms with Crippen LogP contribution in [0.15, 0.2) is 24.5 Å². The number of aliphatic carboxylic acids is 1. The molecular weight excluding hydrogens is 258 g/mol. The van der Waals surface area contributed by atoms with Gasteiger partial charge in [0, 0.05) is 32.5 Å². The largest absolute Gasteiger partial charge is 0.480 e. The number of hydrogen-bond acceptors (Lipinski definition) is 3. The average molecular weight is 279 g/mol. The van der Waals surface area contributed by atoms with Crippen molar-refractivity contribution in [3.63, 3.8) is 0 Å². The van der Waals surface area contributed by atoms with E-state index in [1.165, 1.54) is 11.9 Å². The molecule has 1 atom stereocenters. The van der Waals surface area contributed by atoms with E-state index in [-0.39, 0.29) is 6.03 Å². The minimum atomic E-state index is -0.983. The molecule has 1 unspecified atom stereocenters. The molecule has 0 saturated heterocycles. The van der Waals surface area contributed by atoms with E-state index in [1.807, 2.05) is 19.1 Å². The van der Waals surface area contributed by atoms with Crippen LogP contribution < -0.4 is 0 Å². The zero-order chi connectivity index (χ0) is 15.1. The predicted molar refractivity (Wildman–Crippen MR) is 75.2 cm³/mol. The Morgan fingerprint density at radius 3 is 2.35 bits per heavy atom. The highest BCUT2D eigenvalue weighted by Crippen LogP contribution is 2.10. The Bertz CT molecular complexity index is 450. The van der Waals surface area contributed by atoms with E-state index in [1.54, 1.807) is 24.2 Å². The Morgan fingerprint density at radius 1 is 1.30 bits per heavy atom. The van der Waals surface area contributed by atoms with Gasteiger partial charge in [-0.25, -0.2) is 9.59 Å². The number of amides is 2. The smallest absolute Gasteiger partial charge is 0.326 e. The summed E-state index contributed by atoms with van der Waals surface area (Å²) in [6.07, 6.45) is 3.72. The van der Waals surface area contributed by atoms with E-state index in [2.05, 4.69) is 4.98 Å². The molecule has 0 radical (unpaired) electrons. The molecule has 20 heavy (non-hydrogen) atoms. The highest BCUT2D eigenvalue weighted by molar-refractivity contribution is 5.82. The second-order valence-corrected chi connectivity index (χ2v) is 4.53. The van der Waals surface area contributed by atoms with Gasteiger partial charge in [-0.2, -0.15) is 0 Å². The molecule has 0 aliphatic heterocycles. The number of urea groups is 1. The first kappa shape index (κ1) is 15.9. The molecular formula is C14H21N3O3. The van der Waals surface area contributed by atoms with Crippen LogP contribution in [0.4, 0.5) is 4.79 Å². The monoisotopic (exact) mass is 279 g/mol. The lowest BCUT2D eigenvalue weighted by molar-refractivity contribution is -0.142. The summed E-state index contributed by atoms with van der Waals surface area (Å²) in [7, 11) is 1.53. The second-order valence-electron chi connectivity index (χ2n) is 4.53. The van der Waals surface area contributed by atoms with Crippen LogP contribution in [0, 0.1) is 0 Å². The SMILES string of the molecule is CCC(C(=O)O)N(C)C(=O)N(CC)Cc1ccncc1. The Balaban J connectivity index is 2.78. The van der Waals surface area contributed by atoms with Crippen LogP contribution in [0.5, 0.6) is 0 Å². The van der Waals surface area contributed by atoms with Gasteiger partial charge in [0.15, 0.2) is 0 Å². The number of likely N-dealkylation sites (N-methyl/N-ethyl adjacent to an activating group) is 1. The summed E-state index contributed by atoms with van der Waals surface area (Å²) in [4.78, 5) is 30.3. The fraction of sp³-hybridized carbons (Fsp3) is 0.500. The Morgan fingerprint density at radius 2 is 1.90 bits per heavy atom. The first-order valence-electron chi connectivity index (χ1n) is 6.64. The summed E-state index contributed by atoms with van der Waals surface area (Å²) in [5.41, 5.74) is 0.965. The van der Waals surface area contributed by atoms with Crippen molar-refractivity contribution < 1.29 is 14.7 Å². The van der Waals surface area contributed by atoms with Gasteiger partial charge in [0.05, 0.1) is 0 Å². The van der Waals surface area contributed by atoms with E-state index in [9.17, 15) is 9.59 Å². The van der Waals surface area contributed by atoms with Gasteiger partial charge in [-0.3, -0.25) is 4.98 Å². The number of carbonyl (C=O) groups is 2. The molecule has 0 spiro atoms. The lowest BCUT2D eigenvalue weighted by atomic mass is 10.2. The van der Waals surface area contributed by atoms with Gasteiger partial charge in [-0.15, -0.1) is 0 Å². The van der Waals surface area contributed by atoms with Crippen molar-refractivity contribution in [2.75, 3.05) is 13.6 Å². The zero-order valence-corrected chi connectivity index (χ0v) is 12.1. The third-order valence-electron chi connectivity index (χ3n) is 3.22. The number of rotatable bonds is 6. The quantitative estimate of drug-likeness (QED) is 0.862. The minimum Gasteiger partial charge on any atom is -0.480 e. The summed E-state index contributed by atoms with van der Waals surface area (Å²) in [5.74, 6) is -0.983. The van der Waals surface area contributed by atoms with Crippen LogP contribution >= 0.6 is 0 Å². The molecule has 2 amide bonds. The minimum absolute atomic E-state index is 0.279. The third-order valence-corrected chi connectivity index (χ3v) is 3.22. The highest BCUT2D eigenvalue weighted by atomic mass is 16.4. The van der Waals surface area contributed by atoms with Crippen molar-refractivity contribution in [3.05, 3.63) is 30.1 Å².